The molecule has 1 aromatic rings. The monoisotopic (exact) mass is 273 g/mol. The average Bonchev–Trinajstić information content (AvgIpc) is 2.24. The molecule has 0 amide bonds. The first-order chi connectivity index (χ1) is 8.34. The van der Waals surface area contributed by atoms with E-state index in [1.807, 2.05) is 6.92 Å². The Morgan fingerprint density at radius 1 is 1.39 bits per heavy atom. The van der Waals surface area contributed by atoms with E-state index in [2.05, 4.69) is 0 Å². The van der Waals surface area contributed by atoms with Gasteiger partial charge < -0.3 is 9.47 Å². The molecule has 0 bridgehead atoms. The minimum absolute atomic E-state index is 0.00434. The van der Waals surface area contributed by atoms with Gasteiger partial charge in [0.2, 0.25) is 10.0 Å². The number of ether oxygens (including phenoxy) is 2. The minimum atomic E-state index is -3.67. The van der Waals surface area contributed by atoms with Crippen molar-refractivity contribution in [2.45, 2.75) is 31.3 Å². The molecule has 0 aromatic heterocycles. The van der Waals surface area contributed by atoms with Crippen LogP contribution in [0.4, 0.5) is 0 Å². The quantitative estimate of drug-likeness (QED) is 0.850. The molecule has 6 heteroatoms. The van der Waals surface area contributed by atoms with Crippen LogP contribution in [0.15, 0.2) is 23.1 Å². The Kier molecular flexibility index (Phi) is 5.13. The standard InChI is InChI=1S/C12H19NO4S/c1-9-8-11(17-10(2)6-7-16-3)4-5-12(9)18(13,14)15/h4-5,8,10H,6-7H2,1-3H3,(H2,13,14,15). The third-order valence-electron chi connectivity index (χ3n) is 2.52. The molecule has 1 atom stereocenters. The van der Waals surface area contributed by atoms with Crippen LogP contribution in [-0.4, -0.2) is 28.2 Å². The molecular weight excluding hydrogens is 254 g/mol. The highest BCUT2D eigenvalue weighted by atomic mass is 32.2. The van der Waals surface area contributed by atoms with Gasteiger partial charge in [0, 0.05) is 20.1 Å². The Balaban J connectivity index is 2.79. The predicted molar refractivity (Wildman–Crippen MR) is 69.1 cm³/mol. The summed E-state index contributed by atoms with van der Waals surface area (Å²) in [4.78, 5) is 0.124. The number of hydrogen-bond donors (Lipinski definition) is 1. The first-order valence-electron chi connectivity index (χ1n) is 5.63. The predicted octanol–water partition coefficient (Wildman–Crippen LogP) is 1.45. The van der Waals surface area contributed by atoms with Crippen LogP contribution >= 0.6 is 0 Å². The maximum absolute atomic E-state index is 11.2. The molecule has 18 heavy (non-hydrogen) atoms. The number of hydrogen-bond acceptors (Lipinski definition) is 4. The Bertz CT molecular complexity index is 499. The van der Waals surface area contributed by atoms with Crippen molar-refractivity contribution in [2.75, 3.05) is 13.7 Å². The first-order valence-corrected chi connectivity index (χ1v) is 7.18. The van der Waals surface area contributed by atoms with Crippen molar-refractivity contribution >= 4 is 10.0 Å². The Morgan fingerprint density at radius 3 is 2.56 bits per heavy atom. The lowest BCUT2D eigenvalue weighted by molar-refractivity contribution is 0.135. The lowest BCUT2D eigenvalue weighted by atomic mass is 10.2. The van der Waals surface area contributed by atoms with Crippen LogP contribution in [0.3, 0.4) is 0 Å². The van der Waals surface area contributed by atoms with Gasteiger partial charge in [-0.15, -0.1) is 0 Å². The van der Waals surface area contributed by atoms with Crippen molar-refractivity contribution < 1.29 is 17.9 Å². The maximum Gasteiger partial charge on any atom is 0.238 e. The fraction of sp³-hybridized carbons (Fsp3) is 0.500. The number of benzene rings is 1. The van der Waals surface area contributed by atoms with E-state index in [0.717, 1.165) is 6.42 Å². The summed E-state index contributed by atoms with van der Waals surface area (Å²) in [5.74, 6) is 0.628. The van der Waals surface area contributed by atoms with Gasteiger partial charge in [-0.1, -0.05) is 0 Å². The van der Waals surface area contributed by atoms with Crippen LogP contribution in [0.5, 0.6) is 5.75 Å². The van der Waals surface area contributed by atoms with E-state index in [0.29, 0.717) is 17.9 Å². The van der Waals surface area contributed by atoms with Crippen molar-refractivity contribution in [3.8, 4) is 5.75 Å². The fourth-order valence-corrected chi connectivity index (χ4v) is 2.35. The van der Waals surface area contributed by atoms with E-state index < -0.39 is 10.0 Å². The number of nitrogens with two attached hydrogens (primary N) is 1. The SMILES string of the molecule is COCCC(C)Oc1ccc(S(N)(=O)=O)c(C)c1. The molecule has 102 valence electrons. The molecule has 0 fully saturated rings. The van der Waals surface area contributed by atoms with Crippen LogP contribution in [0, 0.1) is 6.92 Å². The number of primary sulfonamides is 1. The number of sulfonamides is 1. The second kappa shape index (κ2) is 6.17. The van der Waals surface area contributed by atoms with E-state index in [-0.39, 0.29) is 11.0 Å². The summed E-state index contributed by atoms with van der Waals surface area (Å²) < 4.78 is 33.1. The molecule has 0 heterocycles. The van der Waals surface area contributed by atoms with Gasteiger partial charge in [0.1, 0.15) is 5.75 Å². The van der Waals surface area contributed by atoms with Crippen LogP contribution in [0.2, 0.25) is 0 Å². The third-order valence-corrected chi connectivity index (χ3v) is 3.59. The Labute approximate surface area is 108 Å². The van der Waals surface area contributed by atoms with Crippen molar-refractivity contribution in [1.29, 1.82) is 0 Å². The highest BCUT2D eigenvalue weighted by molar-refractivity contribution is 7.89. The van der Waals surface area contributed by atoms with E-state index in [4.69, 9.17) is 14.6 Å². The number of aryl methyl sites for hydroxylation is 1. The molecule has 2 N–H and O–H groups in total. The highest BCUT2D eigenvalue weighted by Gasteiger charge is 2.12. The van der Waals surface area contributed by atoms with E-state index in [9.17, 15) is 8.42 Å². The molecule has 1 rings (SSSR count). The van der Waals surface area contributed by atoms with E-state index >= 15 is 0 Å². The van der Waals surface area contributed by atoms with Crippen LogP contribution in [0.1, 0.15) is 18.9 Å². The summed E-state index contributed by atoms with van der Waals surface area (Å²) in [5.41, 5.74) is 0.578. The summed E-state index contributed by atoms with van der Waals surface area (Å²) in [7, 11) is -2.03. The van der Waals surface area contributed by atoms with Crippen molar-refractivity contribution in [2.24, 2.45) is 5.14 Å². The summed E-state index contributed by atoms with van der Waals surface area (Å²) in [6.07, 6.45) is 0.775. The first kappa shape index (κ1) is 14.9. The molecule has 0 saturated heterocycles. The number of rotatable bonds is 6. The van der Waals surface area contributed by atoms with Gasteiger partial charge in [0.25, 0.3) is 0 Å². The molecule has 0 aliphatic heterocycles. The second-order valence-corrected chi connectivity index (χ2v) is 5.71. The average molecular weight is 273 g/mol. The second-order valence-electron chi connectivity index (χ2n) is 4.18. The maximum atomic E-state index is 11.2. The van der Waals surface area contributed by atoms with Gasteiger partial charge in [-0.05, 0) is 37.6 Å². The highest BCUT2D eigenvalue weighted by Crippen LogP contribution is 2.21. The van der Waals surface area contributed by atoms with Crippen LogP contribution < -0.4 is 9.88 Å². The Morgan fingerprint density at radius 2 is 2.06 bits per heavy atom. The summed E-state index contributed by atoms with van der Waals surface area (Å²) in [6.45, 7) is 4.24. The zero-order valence-electron chi connectivity index (χ0n) is 10.8. The normalized spacial score (nSPS) is 13.3. The molecule has 5 nitrogen and oxygen atoms in total. The van der Waals surface area contributed by atoms with Crippen LogP contribution in [0.25, 0.3) is 0 Å². The molecule has 0 spiro atoms. The third kappa shape index (κ3) is 4.29. The minimum Gasteiger partial charge on any atom is -0.491 e. The lowest BCUT2D eigenvalue weighted by Crippen LogP contribution is -2.16. The molecule has 0 radical (unpaired) electrons. The Hall–Kier alpha value is -1.11. The van der Waals surface area contributed by atoms with Gasteiger partial charge in [-0.25, -0.2) is 13.6 Å². The van der Waals surface area contributed by atoms with Crippen molar-refractivity contribution in [1.82, 2.24) is 0 Å². The lowest BCUT2D eigenvalue weighted by Gasteiger charge is -2.15. The zero-order chi connectivity index (χ0) is 13.8. The van der Waals surface area contributed by atoms with Gasteiger partial charge in [0.15, 0.2) is 0 Å². The van der Waals surface area contributed by atoms with Gasteiger partial charge in [-0.3, -0.25) is 0 Å². The topological polar surface area (TPSA) is 78.6 Å². The largest absolute Gasteiger partial charge is 0.491 e. The van der Waals surface area contributed by atoms with E-state index in [1.54, 1.807) is 26.2 Å². The van der Waals surface area contributed by atoms with Gasteiger partial charge >= 0.3 is 0 Å². The molecular formula is C12H19NO4S. The molecule has 1 aromatic carbocycles. The van der Waals surface area contributed by atoms with Gasteiger partial charge in [-0.2, -0.15) is 0 Å². The molecule has 1 unspecified atom stereocenters. The molecule has 0 aliphatic rings. The summed E-state index contributed by atoms with van der Waals surface area (Å²) in [6, 6.07) is 4.74. The smallest absolute Gasteiger partial charge is 0.238 e. The molecule has 0 saturated carbocycles. The van der Waals surface area contributed by atoms with Crippen LogP contribution in [-0.2, 0) is 14.8 Å². The summed E-state index contributed by atoms with van der Waals surface area (Å²) >= 11 is 0. The fourth-order valence-electron chi connectivity index (χ4n) is 1.59. The molecule has 0 aliphatic carbocycles. The van der Waals surface area contributed by atoms with Gasteiger partial charge in [0.05, 0.1) is 11.0 Å². The summed E-state index contributed by atoms with van der Waals surface area (Å²) in [5, 5.41) is 5.09. The van der Waals surface area contributed by atoms with Crippen molar-refractivity contribution in [3.63, 3.8) is 0 Å². The zero-order valence-corrected chi connectivity index (χ0v) is 11.7. The number of methoxy groups -OCH3 is 1. The van der Waals surface area contributed by atoms with E-state index in [1.165, 1.54) is 6.07 Å². The van der Waals surface area contributed by atoms with Crippen molar-refractivity contribution in [3.05, 3.63) is 23.8 Å².